The van der Waals surface area contributed by atoms with Crippen molar-refractivity contribution >= 4 is 16.6 Å². The summed E-state index contributed by atoms with van der Waals surface area (Å²) in [4.78, 5) is 4.38. The zero-order chi connectivity index (χ0) is 19.1. The van der Waals surface area contributed by atoms with E-state index >= 15 is 0 Å². The molecular formula is C20H25N3O4. The van der Waals surface area contributed by atoms with Crippen molar-refractivity contribution in [1.29, 1.82) is 5.26 Å². The van der Waals surface area contributed by atoms with Crippen LogP contribution in [0.4, 0.5) is 5.69 Å². The third kappa shape index (κ3) is 4.59. The second-order valence-electron chi connectivity index (χ2n) is 6.37. The lowest BCUT2D eigenvalue weighted by Gasteiger charge is -2.15. The molecule has 144 valence electrons. The maximum atomic E-state index is 9.46. The number of aromatic nitrogens is 1. The molecule has 1 saturated heterocycles. The third-order valence-electron chi connectivity index (χ3n) is 4.58. The number of methoxy groups -OCH3 is 2. The fraction of sp³-hybridized carbons (Fsp3) is 0.500. The Hall–Kier alpha value is -2.56. The minimum Gasteiger partial charge on any atom is -0.497 e. The van der Waals surface area contributed by atoms with E-state index in [0.717, 1.165) is 36.9 Å². The lowest BCUT2D eigenvalue weighted by molar-refractivity contribution is 0.0172. The Morgan fingerprint density at radius 1 is 1.33 bits per heavy atom. The number of anilines is 1. The zero-order valence-electron chi connectivity index (χ0n) is 15.8. The van der Waals surface area contributed by atoms with Crippen LogP contribution in [0.25, 0.3) is 10.9 Å². The number of rotatable bonds is 9. The van der Waals surface area contributed by atoms with Crippen molar-refractivity contribution in [3.8, 4) is 17.6 Å². The van der Waals surface area contributed by atoms with Gasteiger partial charge in [-0.15, -0.1) is 0 Å². The Balaban J connectivity index is 1.67. The predicted molar refractivity (Wildman–Crippen MR) is 102 cm³/mol. The molecule has 0 aliphatic carbocycles. The van der Waals surface area contributed by atoms with Crippen LogP contribution in [0.3, 0.4) is 0 Å². The van der Waals surface area contributed by atoms with Crippen molar-refractivity contribution in [2.75, 3.05) is 45.9 Å². The van der Waals surface area contributed by atoms with E-state index in [1.165, 1.54) is 0 Å². The van der Waals surface area contributed by atoms with Crippen molar-refractivity contribution in [2.24, 2.45) is 0 Å². The summed E-state index contributed by atoms with van der Waals surface area (Å²) in [5.74, 6) is 1.26. The van der Waals surface area contributed by atoms with Gasteiger partial charge in [0.1, 0.15) is 23.1 Å². The first-order chi connectivity index (χ1) is 13.3. The molecule has 7 heteroatoms. The lowest BCUT2D eigenvalue weighted by atomic mass is 10.1. The van der Waals surface area contributed by atoms with E-state index in [2.05, 4.69) is 16.4 Å². The van der Waals surface area contributed by atoms with Gasteiger partial charge in [-0.2, -0.15) is 5.26 Å². The number of nitrogens with one attached hydrogen (secondary N) is 1. The summed E-state index contributed by atoms with van der Waals surface area (Å²) in [7, 11) is 3.19. The fourth-order valence-corrected chi connectivity index (χ4v) is 3.17. The van der Waals surface area contributed by atoms with Crippen molar-refractivity contribution in [3.63, 3.8) is 0 Å². The monoisotopic (exact) mass is 371 g/mol. The van der Waals surface area contributed by atoms with Crippen molar-refractivity contribution in [1.82, 2.24) is 4.98 Å². The summed E-state index contributed by atoms with van der Waals surface area (Å²) < 4.78 is 22.0. The average Bonchev–Trinajstić information content (AvgIpc) is 3.22. The van der Waals surface area contributed by atoms with Crippen LogP contribution in [0, 0.1) is 11.3 Å². The van der Waals surface area contributed by atoms with Gasteiger partial charge in [0.15, 0.2) is 0 Å². The number of ether oxygens (including phenoxy) is 4. The van der Waals surface area contributed by atoms with E-state index in [9.17, 15) is 5.26 Å². The number of hydrogen-bond donors (Lipinski definition) is 1. The molecule has 2 heterocycles. The zero-order valence-corrected chi connectivity index (χ0v) is 15.8. The van der Waals surface area contributed by atoms with Gasteiger partial charge in [-0.25, -0.2) is 0 Å². The highest BCUT2D eigenvalue weighted by atomic mass is 16.5. The summed E-state index contributed by atoms with van der Waals surface area (Å²) in [6.45, 7) is 2.81. The van der Waals surface area contributed by atoms with Crippen LogP contribution < -0.4 is 14.8 Å². The summed E-state index contributed by atoms with van der Waals surface area (Å²) in [6.07, 6.45) is 4.83. The number of hydrogen-bond acceptors (Lipinski definition) is 7. The molecule has 1 N–H and O–H groups in total. The topological polar surface area (TPSA) is 85.6 Å². The molecule has 1 aromatic heterocycles. The smallest absolute Gasteiger partial charge is 0.148 e. The standard InChI is InChI=1S/C20H25N3O4/c1-24-16-9-17-19(14(11-21)12-23-20(17)18(10-16)25-2)22-6-4-7-26-13-15-5-3-8-27-15/h9-10,12,15H,3-8,13H2,1-2H3,(H,22,23)/t15-/m0/s1. The Kier molecular flexibility index (Phi) is 6.69. The minimum atomic E-state index is 0.243. The van der Waals surface area contributed by atoms with Crippen LogP contribution in [0.5, 0.6) is 11.5 Å². The van der Waals surface area contributed by atoms with Gasteiger partial charge in [0.05, 0.1) is 38.2 Å². The fourth-order valence-electron chi connectivity index (χ4n) is 3.17. The largest absolute Gasteiger partial charge is 0.497 e. The van der Waals surface area contributed by atoms with Crippen molar-refractivity contribution in [2.45, 2.75) is 25.4 Å². The number of fused-ring (bicyclic) bond motifs is 1. The maximum absolute atomic E-state index is 9.46. The van der Waals surface area contributed by atoms with Crippen LogP contribution >= 0.6 is 0 Å². The molecule has 1 atom stereocenters. The third-order valence-corrected chi connectivity index (χ3v) is 4.58. The van der Waals surface area contributed by atoms with E-state index in [-0.39, 0.29) is 6.10 Å². The van der Waals surface area contributed by atoms with E-state index in [4.69, 9.17) is 18.9 Å². The Bertz CT molecular complexity index is 813. The van der Waals surface area contributed by atoms with Crippen LogP contribution in [-0.2, 0) is 9.47 Å². The van der Waals surface area contributed by atoms with Crippen LogP contribution in [0.1, 0.15) is 24.8 Å². The highest BCUT2D eigenvalue weighted by Gasteiger charge is 2.16. The van der Waals surface area contributed by atoms with Crippen LogP contribution in [-0.4, -0.2) is 51.7 Å². The molecule has 1 aliphatic heterocycles. The number of nitriles is 1. The SMILES string of the molecule is COc1cc(OC)c2ncc(C#N)c(NCCCOC[C@@H]3CCCO3)c2c1. The second kappa shape index (κ2) is 9.40. The Morgan fingerprint density at radius 3 is 2.93 bits per heavy atom. The first kappa shape index (κ1) is 19.2. The van der Waals surface area contributed by atoms with E-state index in [1.807, 2.05) is 6.07 Å². The van der Waals surface area contributed by atoms with Crippen LogP contribution in [0.15, 0.2) is 18.3 Å². The summed E-state index contributed by atoms with van der Waals surface area (Å²) >= 11 is 0. The molecule has 1 aromatic carbocycles. The summed E-state index contributed by atoms with van der Waals surface area (Å²) in [5.41, 5.74) is 1.91. The molecule has 2 aromatic rings. The number of pyridine rings is 1. The predicted octanol–water partition coefficient (Wildman–Crippen LogP) is 3.12. The molecule has 0 saturated carbocycles. The Labute approximate surface area is 159 Å². The normalized spacial score (nSPS) is 16.3. The quantitative estimate of drug-likeness (QED) is 0.678. The first-order valence-electron chi connectivity index (χ1n) is 9.15. The first-order valence-corrected chi connectivity index (χ1v) is 9.15. The molecular weight excluding hydrogens is 346 g/mol. The van der Waals surface area contributed by atoms with Crippen molar-refractivity contribution in [3.05, 3.63) is 23.9 Å². The van der Waals surface area contributed by atoms with E-state index in [0.29, 0.717) is 42.3 Å². The number of benzene rings is 1. The average molecular weight is 371 g/mol. The maximum Gasteiger partial charge on any atom is 0.148 e. The highest BCUT2D eigenvalue weighted by molar-refractivity contribution is 5.98. The van der Waals surface area contributed by atoms with Crippen molar-refractivity contribution < 1.29 is 18.9 Å². The van der Waals surface area contributed by atoms with Gasteiger partial charge in [-0.3, -0.25) is 4.98 Å². The summed E-state index contributed by atoms with van der Waals surface area (Å²) in [6, 6.07) is 5.84. The molecule has 0 unspecified atom stereocenters. The second-order valence-corrected chi connectivity index (χ2v) is 6.37. The molecule has 1 aliphatic rings. The van der Waals surface area contributed by atoms with Gasteiger partial charge >= 0.3 is 0 Å². The van der Waals surface area contributed by atoms with Gasteiger partial charge in [0, 0.05) is 37.4 Å². The molecule has 0 bridgehead atoms. The van der Waals surface area contributed by atoms with Gasteiger partial charge in [0.2, 0.25) is 0 Å². The molecule has 0 amide bonds. The van der Waals surface area contributed by atoms with E-state index < -0.39 is 0 Å². The molecule has 0 radical (unpaired) electrons. The number of nitrogens with zero attached hydrogens (tertiary/aromatic N) is 2. The highest BCUT2D eigenvalue weighted by Crippen LogP contribution is 2.35. The van der Waals surface area contributed by atoms with Gasteiger partial charge in [-0.05, 0) is 25.3 Å². The summed E-state index contributed by atoms with van der Waals surface area (Å²) in [5, 5.41) is 13.6. The van der Waals surface area contributed by atoms with Crippen LogP contribution in [0.2, 0.25) is 0 Å². The van der Waals surface area contributed by atoms with Gasteiger partial charge in [-0.1, -0.05) is 0 Å². The lowest BCUT2D eigenvalue weighted by Crippen LogP contribution is -2.16. The Morgan fingerprint density at radius 2 is 2.22 bits per heavy atom. The molecule has 0 spiro atoms. The molecule has 3 rings (SSSR count). The van der Waals surface area contributed by atoms with Gasteiger partial charge in [0.25, 0.3) is 0 Å². The molecule has 1 fully saturated rings. The minimum absolute atomic E-state index is 0.243. The van der Waals surface area contributed by atoms with E-state index in [1.54, 1.807) is 26.5 Å². The molecule has 27 heavy (non-hydrogen) atoms. The van der Waals surface area contributed by atoms with Gasteiger partial charge < -0.3 is 24.3 Å². The molecule has 7 nitrogen and oxygen atoms in total.